The van der Waals surface area contributed by atoms with Gasteiger partial charge in [-0.2, -0.15) is 0 Å². The summed E-state index contributed by atoms with van der Waals surface area (Å²) in [5.41, 5.74) is 1.16. The van der Waals surface area contributed by atoms with Crippen LogP contribution in [0, 0.1) is 0 Å². The summed E-state index contributed by atoms with van der Waals surface area (Å²) in [7, 11) is 1.93. The van der Waals surface area contributed by atoms with Crippen LogP contribution in [0.2, 0.25) is 0 Å². The summed E-state index contributed by atoms with van der Waals surface area (Å²) in [6.45, 7) is 3.65. The van der Waals surface area contributed by atoms with Crippen LogP contribution in [0.1, 0.15) is 18.9 Å². The Morgan fingerprint density at radius 3 is 2.67 bits per heavy atom. The topological polar surface area (TPSA) is 21.3 Å². The fourth-order valence-electron chi connectivity index (χ4n) is 1.30. The van der Waals surface area contributed by atoms with Crippen molar-refractivity contribution in [3.05, 3.63) is 26.6 Å². The van der Waals surface area contributed by atoms with E-state index in [0.29, 0.717) is 0 Å². The minimum absolute atomic E-state index is 0.747. The summed E-state index contributed by atoms with van der Waals surface area (Å²) in [6, 6.07) is 4.08. The first-order valence-corrected chi connectivity index (χ1v) is 6.53. The van der Waals surface area contributed by atoms with Crippen LogP contribution < -0.4 is 10.1 Å². The molecule has 0 radical (unpaired) electrons. The van der Waals surface area contributed by atoms with Crippen LogP contribution in [-0.4, -0.2) is 13.7 Å². The standard InChI is InChI=1S/C11H15Br2NO/c1-3-4-15-11-8(7-14-2)5-9(12)6-10(11)13/h5-6,14H,3-4,7H2,1-2H3. The molecule has 0 saturated heterocycles. The Morgan fingerprint density at radius 2 is 2.07 bits per heavy atom. The van der Waals surface area contributed by atoms with Crippen molar-refractivity contribution in [3.8, 4) is 5.75 Å². The summed E-state index contributed by atoms with van der Waals surface area (Å²) < 4.78 is 7.77. The summed E-state index contributed by atoms with van der Waals surface area (Å²) in [5, 5.41) is 3.13. The number of benzene rings is 1. The largest absolute Gasteiger partial charge is 0.492 e. The first-order valence-electron chi connectivity index (χ1n) is 4.94. The SMILES string of the molecule is CCCOc1c(Br)cc(Br)cc1CNC. The summed E-state index contributed by atoms with van der Waals surface area (Å²) >= 11 is 6.99. The average Bonchev–Trinajstić information content (AvgIpc) is 2.17. The molecule has 84 valence electrons. The molecule has 1 rings (SSSR count). The van der Waals surface area contributed by atoms with Crippen molar-refractivity contribution in [2.24, 2.45) is 0 Å². The quantitative estimate of drug-likeness (QED) is 0.884. The molecule has 2 nitrogen and oxygen atoms in total. The second-order valence-corrected chi connectivity index (χ2v) is 5.02. The van der Waals surface area contributed by atoms with E-state index in [-0.39, 0.29) is 0 Å². The number of hydrogen-bond acceptors (Lipinski definition) is 2. The van der Waals surface area contributed by atoms with Gasteiger partial charge in [0.25, 0.3) is 0 Å². The third kappa shape index (κ3) is 3.78. The van der Waals surface area contributed by atoms with Gasteiger partial charge in [-0.25, -0.2) is 0 Å². The van der Waals surface area contributed by atoms with Gasteiger partial charge >= 0.3 is 0 Å². The molecule has 0 aliphatic carbocycles. The Morgan fingerprint density at radius 1 is 1.33 bits per heavy atom. The molecular formula is C11H15Br2NO. The van der Waals surface area contributed by atoms with Crippen LogP contribution in [0.5, 0.6) is 5.75 Å². The van der Waals surface area contributed by atoms with E-state index in [0.717, 1.165) is 39.8 Å². The van der Waals surface area contributed by atoms with E-state index in [1.54, 1.807) is 0 Å². The average molecular weight is 337 g/mol. The number of ether oxygens (including phenoxy) is 1. The maximum atomic E-state index is 5.72. The highest BCUT2D eigenvalue weighted by Gasteiger charge is 2.09. The predicted molar refractivity (Wildman–Crippen MR) is 70.4 cm³/mol. The number of nitrogens with one attached hydrogen (secondary N) is 1. The van der Waals surface area contributed by atoms with E-state index in [4.69, 9.17) is 4.74 Å². The predicted octanol–water partition coefficient (Wildman–Crippen LogP) is 3.72. The minimum Gasteiger partial charge on any atom is -0.492 e. The fraction of sp³-hybridized carbons (Fsp3) is 0.455. The lowest BCUT2D eigenvalue weighted by Gasteiger charge is -2.13. The molecule has 0 atom stereocenters. The molecule has 0 aliphatic rings. The number of hydrogen-bond donors (Lipinski definition) is 1. The molecule has 0 bridgehead atoms. The Kier molecular flexibility index (Phi) is 5.64. The van der Waals surface area contributed by atoms with Gasteiger partial charge in [0.1, 0.15) is 5.75 Å². The van der Waals surface area contributed by atoms with Crippen LogP contribution >= 0.6 is 31.9 Å². The first-order chi connectivity index (χ1) is 7.19. The Balaban J connectivity index is 2.97. The van der Waals surface area contributed by atoms with E-state index in [1.807, 2.05) is 13.1 Å². The molecule has 0 spiro atoms. The van der Waals surface area contributed by atoms with Crippen molar-refractivity contribution in [2.75, 3.05) is 13.7 Å². The Labute approximate surface area is 108 Å². The first kappa shape index (κ1) is 13.0. The lowest BCUT2D eigenvalue weighted by atomic mass is 10.2. The molecule has 4 heteroatoms. The fourth-order valence-corrected chi connectivity index (χ4v) is 2.73. The number of rotatable bonds is 5. The highest BCUT2D eigenvalue weighted by molar-refractivity contribution is 9.11. The van der Waals surface area contributed by atoms with Gasteiger partial charge in [0.15, 0.2) is 0 Å². The van der Waals surface area contributed by atoms with Crippen molar-refractivity contribution in [3.63, 3.8) is 0 Å². The zero-order valence-corrected chi connectivity index (χ0v) is 12.1. The third-order valence-corrected chi connectivity index (χ3v) is 2.95. The van der Waals surface area contributed by atoms with Gasteiger partial charge in [-0.15, -0.1) is 0 Å². The summed E-state index contributed by atoms with van der Waals surface area (Å²) in [6.07, 6.45) is 1.02. The number of halogens is 2. The van der Waals surface area contributed by atoms with E-state index in [1.165, 1.54) is 0 Å². The van der Waals surface area contributed by atoms with E-state index >= 15 is 0 Å². The molecule has 1 aromatic rings. The normalized spacial score (nSPS) is 10.4. The van der Waals surface area contributed by atoms with Crippen LogP contribution in [0.4, 0.5) is 0 Å². The lowest BCUT2D eigenvalue weighted by molar-refractivity contribution is 0.311. The molecule has 0 heterocycles. The van der Waals surface area contributed by atoms with Crippen molar-refractivity contribution in [1.82, 2.24) is 5.32 Å². The van der Waals surface area contributed by atoms with Crippen molar-refractivity contribution < 1.29 is 4.74 Å². The van der Waals surface area contributed by atoms with Gasteiger partial charge in [0, 0.05) is 16.6 Å². The molecule has 0 aromatic heterocycles. The minimum atomic E-state index is 0.747. The highest BCUT2D eigenvalue weighted by Crippen LogP contribution is 2.32. The molecule has 0 amide bonds. The maximum Gasteiger partial charge on any atom is 0.138 e. The maximum absolute atomic E-state index is 5.72. The summed E-state index contributed by atoms with van der Waals surface area (Å²) in [4.78, 5) is 0. The van der Waals surface area contributed by atoms with E-state index < -0.39 is 0 Å². The third-order valence-electron chi connectivity index (χ3n) is 1.90. The van der Waals surface area contributed by atoms with Crippen molar-refractivity contribution in [2.45, 2.75) is 19.9 Å². The van der Waals surface area contributed by atoms with Crippen LogP contribution in [0.15, 0.2) is 21.1 Å². The molecule has 0 aliphatic heterocycles. The molecule has 0 unspecified atom stereocenters. The zero-order valence-electron chi connectivity index (χ0n) is 8.94. The van der Waals surface area contributed by atoms with E-state index in [9.17, 15) is 0 Å². The lowest BCUT2D eigenvalue weighted by Crippen LogP contribution is -2.08. The smallest absolute Gasteiger partial charge is 0.138 e. The monoisotopic (exact) mass is 335 g/mol. The van der Waals surface area contributed by atoms with Gasteiger partial charge < -0.3 is 10.1 Å². The van der Waals surface area contributed by atoms with Gasteiger partial charge in [-0.3, -0.25) is 0 Å². The van der Waals surface area contributed by atoms with Gasteiger partial charge in [-0.1, -0.05) is 22.9 Å². The zero-order chi connectivity index (χ0) is 11.3. The van der Waals surface area contributed by atoms with Crippen LogP contribution in [0.25, 0.3) is 0 Å². The molecule has 0 fully saturated rings. The Hall–Kier alpha value is -0.0600. The molecule has 1 aromatic carbocycles. The van der Waals surface area contributed by atoms with Crippen molar-refractivity contribution in [1.29, 1.82) is 0 Å². The molecular weight excluding hydrogens is 322 g/mol. The van der Waals surface area contributed by atoms with Crippen molar-refractivity contribution >= 4 is 31.9 Å². The van der Waals surface area contributed by atoms with Crippen LogP contribution in [0.3, 0.4) is 0 Å². The van der Waals surface area contributed by atoms with Gasteiger partial charge in [0.05, 0.1) is 11.1 Å². The second kappa shape index (κ2) is 6.51. The highest BCUT2D eigenvalue weighted by atomic mass is 79.9. The second-order valence-electron chi connectivity index (χ2n) is 3.25. The van der Waals surface area contributed by atoms with E-state index in [2.05, 4.69) is 50.2 Å². The molecule has 15 heavy (non-hydrogen) atoms. The van der Waals surface area contributed by atoms with Gasteiger partial charge in [-0.05, 0) is 41.5 Å². The molecule has 0 saturated carbocycles. The van der Waals surface area contributed by atoms with Gasteiger partial charge in [0.2, 0.25) is 0 Å². The van der Waals surface area contributed by atoms with Crippen LogP contribution in [-0.2, 0) is 6.54 Å². The Bertz CT molecular complexity index is 329. The summed E-state index contributed by atoms with van der Waals surface area (Å²) in [5.74, 6) is 0.939. The molecule has 1 N–H and O–H groups in total.